The number of halogens is 1. The fourth-order valence-corrected chi connectivity index (χ4v) is 3.61. The molecule has 1 aromatic rings. The maximum Gasteiger partial charge on any atom is 0.309 e. The molecule has 2 rings (SSSR count). The van der Waals surface area contributed by atoms with Crippen LogP contribution < -0.4 is 5.32 Å². The first-order chi connectivity index (χ1) is 11.5. The highest BCUT2D eigenvalue weighted by Gasteiger charge is 2.27. The van der Waals surface area contributed by atoms with Gasteiger partial charge in [-0.25, -0.2) is 0 Å². The van der Waals surface area contributed by atoms with Gasteiger partial charge in [-0.05, 0) is 51.4 Å². The SMILES string of the molecule is CCOC(=O)C1CCN(CC(=O)N[C@@H](C)c2ccccc2Br)CC1. The van der Waals surface area contributed by atoms with Gasteiger partial charge in [0.25, 0.3) is 0 Å². The maximum absolute atomic E-state index is 12.3. The monoisotopic (exact) mass is 396 g/mol. The van der Waals surface area contributed by atoms with Gasteiger partial charge in [0.05, 0.1) is 25.1 Å². The summed E-state index contributed by atoms with van der Waals surface area (Å²) in [5.74, 6) is -0.125. The number of nitrogens with zero attached hydrogens (tertiary/aromatic N) is 1. The molecule has 0 radical (unpaired) electrons. The van der Waals surface area contributed by atoms with E-state index in [0.29, 0.717) is 13.2 Å². The summed E-state index contributed by atoms with van der Waals surface area (Å²) < 4.78 is 6.06. The Morgan fingerprint density at radius 2 is 2.00 bits per heavy atom. The molecule has 5 nitrogen and oxygen atoms in total. The number of rotatable bonds is 6. The number of carbonyl (C=O) groups is 2. The molecule has 1 aromatic carbocycles. The average Bonchev–Trinajstić information content (AvgIpc) is 2.56. The largest absolute Gasteiger partial charge is 0.466 e. The lowest BCUT2D eigenvalue weighted by molar-refractivity contribution is -0.149. The first kappa shape index (κ1) is 18.9. The van der Waals surface area contributed by atoms with Crippen LogP contribution in [0.3, 0.4) is 0 Å². The Balaban J connectivity index is 1.77. The number of hydrogen-bond acceptors (Lipinski definition) is 4. The predicted molar refractivity (Wildman–Crippen MR) is 96.5 cm³/mol. The van der Waals surface area contributed by atoms with Gasteiger partial charge in [0.15, 0.2) is 0 Å². The Bertz CT molecular complexity index is 571. The number of nitrogens with one attached hydrogen (secondary N) is 1. The van der Waals surface area contributed by atoms with Crippen molar-refractivity contribution in [1.29, 1.82) is 0 Å². The third-order valence-corrected chi connectivity index (χ3v) is 5.05. The molecular weight excluding hydrogens is 372 g/mol. The van der Waals surface area contributed by atoms with Crippen molar-refractivity contribution in [3.05, 3.63) is 34.3 Å². The van der Waals surface area contributed by atoms with Crippen LogP contribution in [0.5, 0.6) is 0 Å². The summed E-state index contributed by atoms with van der Waals surface area (Å²) >= 11 is 3.51. The second-order valence-corrected chi connectivity index (χ2v) is 6.97. The quantitative estimate of drug-likeness (QED) is 0.750. The number of hydrogen-bond donors (Lipinski definition) is 1. The molecule has 24 heavy (non-hydrogen) atoms. The zero-order valence-corrected chi connectivity index (χ0v) is 15.8. The van der Waals surface area contributed by atoms with Gasteiger partial charge in [-0.3, -0.25) is 14.5 Å². The number of benzene rings is 1. The summed E-state index contributed by atoms with van der Waals surface area (Å²) in [6.45, 7) is 6.09. The normalized spacial score (nSPS) is 17.3. The van der Waals surface area contributed by atoms with E-state index in [1.165, 1.54) is 0 Å². The van der Waals surface area contributed by atoms with Crippen LogP contribution in [0.1, 0.15) is 38.3 Å². The summed E-state index contributed by atoms with van der Waals surface area (Å²) in [5, 5.41) is 3.04. The molecule has 0 aromatic heterocycles. The molecule has 0 saturated carbocycles. The zero-order valence-electron chi connectivity index (χ0n) is 14.3. The van der Waals surface area contributed by atoms with Gasteiger partial charge in [0, 0.05) is 4.47 Å². The molecule has 6 heteroatoms. The second kappa shape index (κ2) is 9.18. The van der Waals surface area contributed by atoms with Gasteiger partial charge in [-0.15, -0.1) is 0 Å². The van der Waals surface area contributed by atoms with Gasteiger partial charge in [0.1, 0.15) is 0 Å². The molecule has 0 spiro atoms. The van der Waals surface area contributed by atoms with Crippen molar-refractivity contribution in [3.63, 3.8) is 0 Å². The number of carbonyl (C=O) groups excluding carboxylic acids is 2. The molecule has 1 atom stereocenters. The van der Waals surface area contributed by atoms with Gasteiger partial charge >= 0.3 is 5.97 Å². The van der Waals surface area contributed by atoms with Crippen LogP contribution in [0.15, 0.2) is 28.7 Å². The van der Waals surface area contributed by atoms with E-state index >= 15 is 0 Å². The highest BCUT2D eigenvalue weighted by atomic mass is 79.9. The minimum atomic E-state index is -0.107. The molecule has 1 aliphatic rings. The van der Waals surface area contributed by atoms with Crippen molar-refractivity contribution < 1.29 is 14.3 Å². The lowest BCUT2D eigenvalue weighted by Crippen LogP contribution is -2.43. The van der Waals surface area contributed by atoms with E-state index in [4.69, 9.17) is 4.74 Å². The smallest absolute Gasteiger partial charge is 0.309 e. The van der Waals surface area contributed by atoms with E-state index in [2.05, 4.69) is 26.1 Å². The molecule has 1 amide bonds. The number of likely N-dealkylation sites (tertiary alicyclic amines) is 1. The number of esters is 1. The first-order valence-corrected chi connectivity index (χ1v) is 9.23. The van der Waals surface area contributed by atoms with E-state index < -0.39 is 0 Å². The second-order valence-electron chi connectivity index (χ2n) is 6.11. The molecule has 1 N–H and O–H groups in total. The average molecular weight is 397 g/mol. The molecule has 1 fully saturated rings. The Kier molecular flexibility index (Phi) is 7.24. The highest BCUT2D eigenvalue weighted by Crippen LogP contribution is 2.23. The Morgan fingerprint density at radius 1 is 1.33 bits per heavy atom. The minimum Gasteiger partial charge on any atom is -0.466 e. The Labute approximate surface area is 151 Å². The van der Waals surface area contributed by atoms with Crippen molar-refractivity contribution in [2.75, 3.05) is 26.2 Å². The maximum atomic E-state index is 12.3. The fourth-order valence-electron chi connectivity index (χ4n) is 2.98. The zero-order chi connectivity index (χ0) is 17.5. The highest BCUT2D eigenvalue weighted by molar-refractivity contribution is 9.10. The van der Waals surface area contributed by atoms with Crippen molar-refractivity contribution >= 4 is 27.8 Å². The molecular formula is C18H25BrN2O3. The van der Waals surface area contributed by atoms with Crippen LogP contribution in [-0.2, 0) is 14.3 Å². The summed E-state index contributed by atoms with van der Waals surface area (Å²) in [4.78, 5) is 26.1. The van der Waals surface area contributed by atoms with Crippen LogP contribution in [-0.4, -0.2) is 43.0 Å². The summed E-state index contributed by atoms with van der Waals surface area (Å²) in [6.07, 6.45) is 1.51. The van der Waals surface area contributed by atoms with Crippen molar-refractivity contribution in [2.45, 2.75) is 32.7 Å². The third kappa shape index (κ3) is 5.31. The van der Waals surface area contributed by atoms with E-state index in [-0.39, 0.29) is 23.8 Å². The molecule has 0 bridgehead atoms. The topological polar surface area (TPSA) is 58.6 Å². The first-order valence-electron chi connectivity index (χ1n) is 8.44. The number of amides is 1. The van der Waals surface area contributed by atoms with Gasteiger partial charge < -0.3 is 10.1 Å². The lowest BCUT2D eigenvalue weighted by Gasteiger charge is -2.30. The van der Waals surface area contributed by atoms with Gasteiger partial charge in [-0.1, -0.05) is 34.1 Å². The van der Waals surface area contributed by atoms with E-state index in [0.717, 1.165) is 36.0 Å². The van der Waals surface area contributed by atoms with Crippen molar-refractivity contribution in [1.82, 2.24) is 10.2 Å². The number of ether oxygens (including phenoxy) is 1. The van der Waals surface area contributed by atoms with E-state index in [1.807, 2.05) is 38.1 Å². The number of piperidine rings is 1. The van der Waals surface area contributed by atoms with Crippen molar-refractivity contribution in [2.24, 2.45) is 5.92 Å². The molecule has 1 heterocycles. The Morgan fingerprint density at radius 3 is 2.62 bits per heavy atom. The van der Waals surface area contributed by atoms with Gasteiger partial charge in [0.2, 0.25) is 5.91 Å². The van der Waals surface area contributed by atoms with Crippen LogP contribution in [0, 0.1) is 5.92 Å². The molecule has 0 unspecified atom stereocenters. The summed E-state index contributed by atoms with van der Waals surface area (Å²) in [7, 11) is 0. The lowest BCUT2D eigenvalue weighted by atomic mass is 9.97. The standard InChI is InChI=1S/C18H25BrN2O3/c1-3-24-18(23)14-8-10-21(11-9-14)12-17(22)20-13(2)15-6-4-5-7-16(15)19/h4-7,13-14H,3,8-12H2,1-2H3,(H,20,22)/t13-/m0/s1. The third-order valence-electron chi connectivity index (χ3n) is 4.32. The molecule has 132 valence electrons. The van der Waals surface area contributed by atoms with Crippen molar-refractivity contribution in [3.8, 4) is 0 Å². The fraction of sp³-hybridized carbons (Fsp3) is 0.556. The molecule has 1 saturated heterocycles. The van der Waals surface area contributed by atoms with Crippen LogP contribution in [0.4, 0.5) is 0 Å². The summed E-state index contributed by atoms with van der Waals surface area (Å²) in [6, 6.07) is 7.83. The van der Waals surface area contributed by atoms with Crippen LogP contribution in [0.2, 0.25) is 0 Å². The Hall–Kier alpha value is -1.40. The predicted octanol–water partition coefficient (Wildman–Crippen LogP) is 2.90. The minimum absolute atomic E-state index is 0.00726. The van der Waals surface area contributed by atoms with E-state index in [1.54, 1.807) is 0 Å². The van der Waals surface area contributed by atoms with Crippen LogP contribution >= 0.6 is 15.9 Å². The van der Waals surface area contributed by atoms with E-state index in [9.17, 15) is 9.59 Å². The molecule has 1 aliphatic heterocycles. The summed E-state index contributed by atoms with van der Waals surface area (Å²) in [5.41, 5.74) is 1.06. The molecule has 0 aliphatic carbocycles. The van der Waals surface area contributed by atoms with Crippen LogP contribution in [0.25, 0.3) is 0 Å². The van der Waals surface area contributed by atoms with Gasteiger partial charge in [-0.2, -0.15) is 0 Å².